The van der Waals surface area contributed by atoms with Crippen LogP contribution in [0.15, 0.2) is 48.5 Å². The summed E-state index contributed by atoms with van der Waals surface area (Å²) in [7, 11) is 0. The standard InChI is InChI=1S/C19H20N2O/c1-2-3-4-15-5-7-16(8-6-15)13-19(22)21-18-11-9-17(14-20)10-12-18/h5-12H,2-4,13H2,1H3,(H,21,22). The van der Waals surface area contributed by atoms with Gasteiger partial charge in [-0.2, -0.15) is 5.26 Å². The van der Waals surface area contributed by atoms with Crippen LogP contribution < -0.4 is 5.32 Å². The Morgan fingerprint density at radius 2 is 1.68 bits per heavy atom. The van der Waals surface area contributed by atoms with E-state index in [-0.39, 0.29) is 5.91 Å². The highest BCUT2D eigenvalue weighted by atomic mass is 16.1. The summed E-state index contributed by atoms with van der Waals surface area (Å²) in [6.07, 6.45) is 3.83. The minimum atomic E-state index is -0.0500. The second-order valence-electron chi connectivity index (χ2n) is 5.33. The molecule has 3 nitrogen and oxygen atoms in total. The monoisotopic (exact) mass is 292 g/mol. The van der Waals surface area contributed by atoms with Crippen molar-refractivity contribution in [3.8, 4) is 6.07 Å². The zero-order valence-electron chi connectivity index (χ0n) is 12.8. The summed E-state index contributed by atoms with van der Waals surface area (Å²) < 4.78 is 0. The lowest BCUT2D eigenvalue weighted by atomic mass is 10.0. The highest BCUT2D eigenvalue weighted by molar-refractivity contribution is 5.92. The van der Waals surface area contributed by atoms with Gasteiger partial charge in [0.2, 0.25) is 5.91 Å². The summed E-state index contributed by atoms with van der Waals surface area (Å²) in [5, 5.41) is 11.6. The molecule has 3 heteroatoms. The van der Waals surface area contributed by atoms with E-state index in [9.17, 15) is 4.79 Å². The zero-order chi connectivity index (χ0) is 15.8. The van der Waals surface area contributed by atoms with Crippen LogP contribution in [0.5, 0.6) is 0 Å². The summed E-state index contributed by atoms with van der Waals surface area (Å²) in [5.74, 6) is -0.0500. The summed E-state index contributed by atoms with van der Waals surface area (Å²) in [6.45, 7) is 2.18. The maximum absolute atomic E-state index is 12.0. The first-order chi connectivity index (χ1) is 10.7. The van der Waals surface area contributed by atoms with Gasteiger partial charge in [-0.15, -0.1) is 0 Å². The Hall–Kier alpha value is -2.60. The molecule has 0 spiro atoms. The Balaban J connectivity index is 1.89. The number of unbranched alkanes of at least 4 members (excludes halogenated alkanes) is 1. The highest BCUT2D eigenvalue weighted by Crippen LogP contribution is 2.11. The van der Waals surface area contributed by atoms with Crippen LogP contribution >= 0.6 is 0 Å². The lowest BCUT2D eigenvalue weighted by molar-refractivity contribution is -0.115. The van der Waals surface area contributed by atoms with Gasteiger partial charge in [-0.05, 0) is 48.2 Å². The normalized spacial score (nSPS) is 10.0. The Morgan fingerprint density at radius 3 is 2.27 bits per heavy atom. The molecule has 0 aliphatic heterocycles. The van der Waals surface area contributed by atoms with Gasteiger partial charge in [0.05, 0.1) is 18.1 Å². The lowest BCUT2D eigenvalue weighted by Crippen LogP contribution is -2.14. The topological polar surface area (TPSA) is 52.9 Å². The molecule has 2 rings (SSSR count). The third-order valence-corrected chi connectivity index (χ3v) is 3.50. The van der Waals surface area contributed by atoms with E-state index >= 15 is 0 Å². The molecule has 0 saturated heterocycles. The van der Waals surface area contributed by atoms with Crippen LogP contribution in [0, 0.1) is 11.3 Å². The van der Waals surface area contributed by atoms with Crippen molar-refractivity contribution >= 4 is 11.6 Å². The van der Waals surface area contributed by atoms with E-state index in [1.54, 1.807) is 24.3 Å². The molecule has 112 valence electrons. The Labute approximate surface area is 131 Å². The van der Waals surface area contributed by atoms with Gasteiger partial charge in [-0.25, -0.2) is 0 Å². The molecule has 2 aromatic carbocycles. The number of amides is 1. The van der Waals surface area contributed by atoms with Gasteiger partial charge in [-0.1, -0.05) is 37.6 Å². The molecule has 0 bridgehead atoms. The molecule has 0 atom stereocenters. The van der Waals surface area contributed by atoms with Crippen LogP contribution in [-0.2, 0) is 17.6 Å². The molecule has 1 N–H and O–H groups in total. The number of rotatable bonds is 6. The van der Waals surface area contributed by atoms with Crippen LogP contribution in [0.25, 0.3) is 0 Å². The van der Waals surface area contributed by atoms with E-state index in [4.69, 9.17) is 5.26 Å². The van der Waals surface area contributed by atoms with Crippen LogP contribution in [0.1, 0.15) is 36.5 Å². The molecule has 0 heterocycles. The summed E-state index contributed by atoms with van der Waals surface area (Å²) in [4.78, 5) is 12.0. The smallest absolute Gasteiger partial charge is 0.228 e. The van der Waals surface area contributed by atoms with Crippen molar-refractivity contribution in [2.45, 2.75) is 32.6 Å². The van der Waals surface area contributed by atoms with Crippen LogP contribution in [-0.4, -0.2) is 5.91 Å². The van der Waals surface area contributed by atoms with Crippen molar-refractivity contribution in [2.75, 3.05) is 5.32 Å². The van der Waals surface area contributed by atoms with Gasteiger partial charge in [0.15, 0.2) is 0 Å². The Kier molecular flexibility index (Phi) is 5.73. The number of carbonyl (C=O) groups excluding carboxylic acids is 1. The van der Waals surface area contributed by atoms with Gasteiger partial charge in [0, 0.05) is 5.69 Å². The van der Waals surface area contributed by atoms with Crippen LogP contribution in [0.3, 0.4) is 0 Å². The number of nitrogens with zero attached hydrogens (tertiary/aromatic N) is 1. The minimum absolute atomic E-state index is 0.0500. The first-order valence-electron chi connectivity index (χ1n) is 7.59. The summed E-state index contributed by atoms with van der Waals surface area (Å²) in [6, 6.07) is 17.1. The summed E-state index contributed by atoms with van der Waals surface area (Å²) in [5.41, 5.74) is 3.62. The van der Waals surface area contributed by atoms with Gasteiger partial charge < -0.3 is 5.32 Å². The molecule has 0 aliphatic carbocycles. The molecule has 22 heavy (non-hydrogen) atoms. The van der Waals surface area contributed by atoms with Gasteiger partial charge in [0.25, 0.3) is 0 Å². The van der Waals surface area contributed by atoms with E-state index in [1.807, 2.05) is 12.1 Å². The number of aryl methyl sites for hydroxylation is 1. The highest BCUT2D eigenvalue weighted by Gasteiger charge is 2.04. The van der Waals surface area contributed by atoms with E-state index in [0.29, 0.717) is 17.7 Å². The number of nitrogens with one attached hydrogen (secondary N) is 1. The molecule has 1 amide bonds. The predicted octanol–water partition coefficient (Wildman–Crippen LogP) is 4.08. The van der Waals surface area contributed by atoms with Crippen molar-refractivity contribution in [1.29, 1.82) is 5.26 Å². The number of nitriles is 1. The average molecular weight is 292 g/mol. The number of hydrogen-bond donors (Lipinski definition) is 1. The summed E-state index contributed by atoms with van der Waals surface area (Å²) >= 11 is 0. The fourth-order valence-corrected chi connectivity index (χ4v) is 2.22. The first-order valence-corrected chi connectivity index (χ1v) is 7.59. The lowest BCUT2D eigenvalue weighted by Gasteiger charge is -2.06. The average Bonchev–Trinajstić information content (AvgIpc) is 2.55. The largest absolute Gasteiger partial charge is 0.326 e. The van der Waals surface area contributed by atoms with Crippen molar-refractivity contribution < 1.29 is 4.79 Å². The molecule has 0 fully saturated rings. The maximum atomic E-state index is 12.0. The number of hydrogen-bond acceptors (Lipinski definition) is 2. The molecule has 2 aromatic rings. The van der Waals surface area contributed by atoms with Crippen molar-refractivity contribution in [3.63, 3.8) is 0 Å². The molecular formula is C19H20N2O. The number of anilines is 1. The van der Waals surface area contributed by atoms with E-state index < -0.39 is 0 Å². The fraction of sp³-hybridized carbons (Fsp3) is 0.263. The second kappa shape index (κ2) is 7.99. The van der Waals surface area contributed by atoms with E-state index in [1.165, 1.54) is 18.4 Å². The third-order valence-electron chi connectivity index (χ3n) is 3.50. The van der Waals surface area contributed by atoms with E-state index in [2.05, 4.69) is 30.4 Å². The predicted molar refractivity (Wildman–Crippen MR) is 88.5 cm³/mol. The number of carbonyl (C=O) groups is 1. The molecule has 0 aromatic heterocycles. The zero-order valence-corrected chi connectivity index (χ0v) is 12.8. The van der Waals surface area contributed by atoms with E-state index in [0.717, 1.165) is 12.0 Å². The first kappa shape index (κ1) is 15.8. The van der Waals surface area contributed by atoms with Crippen molar-refractivity contribution in [3.05, 3.63) is 65.2 Å². The molecule has 0 radical (unpaired) electrons. The second-order valence-corrected chi connectivity index (χ2v) is 5.33. The van der Waals surface area contributed by atoms with Crippen molar-refractivity contribution in [2.24, 2.45) is 0 Å². The van der Waals surface area contributed by atoms with Crippen molar-refractivity contribution in [1.82, 2.24) is 0 Å². The van der Waals surface area contributed by atoms with Gasteiger partial charge in [0.1, 0.15) is 0 Å². The third kappa shape index (κ3) is 4.75. The quantitative estimate of drug-likeness (QED) is 0.872. The molecule has 0 unspecified atom stereocenters. The van der Waals surface area contributed by atoms with Gasteiger partial charge in [-0.3, -0.25) is 4.79 Å². The molecular weight excluding hydrogens is 272 g/mol. The van der Waals surface area contributed by atoms with Gasteiger partial charge >= 0.3 is 0 Å². The maximum Gasteiger partial charge on any atom is 0.228 e. The molecule has 0 saturated carbocycles. The Bertz CT molecular complexity index is 651. The Morgan fingerprint density at radius 1 is 1.05 bits per heavy atom. The molecule has 0 aliphatic rings. The minimum Gasteiger partial charge on any atom is -0.326 e. The SMILES string of the molecule is CCCCc1ccc(CC(=O)Nc2ccc(C#N)cc2)cc1. The van der Waals surface area contributed by atoms with Crippen LogP contribution in [0.4, 0.5) is 5.69 Å². The van der Waals surface area contributed by atoms with Crippen LogP contribution in [0.2, 0.25) is 0 Å². The number of benzene rings is 2. The fourth-order valence-electron chi connectivity index (χ4n) is 2.22.